The van der Waals surface area contributed by atoms with Gasteiger partial charge in [-0.3, -0.25) is 4.79 Å². The summed E-state index contributed by atoms with van der Waals surface area (Å²) in [6.45, 7) is 1.62. The summed E-state index contributed by atoms with van der Waals surface area (Å²) in [5.41, 5.74) is -0.996. The van der Waals surface area contributed by atoms with Gasteiger partial charge in [-0.15, -0.1) is 0 Å². The van der Waals surface area contributed by atoms with Crippen molar-refractivity contribution in [2.24, 2.45) is 5.92 Å². The molecule has 4 nitrogen and oxygen atoms in total. The second kappa shape index (κ2) is 3.46. The maximum Gasteiger partial charge on any atom is 0.309 e. The molecule has 86 valence electrons. The van der Waals surface area contributed by atoms with E-state index in [9.17, 15) is 9.90 Å². The van der Waals surface area contributed by atoms with Crippen molar-refractivity contribution in [3.05, 3.63) is 0 Å². The van der Waals surface area contributed by atoms with Gasteiger partial charge in [-0.1, -0.05) is 0 Å². The molecular formula is C11H19NO3. The molecule has 0 spiro atoms. The molecule has 2 N–H and O–H groups in total. The van der Waals surface area contributed by atoms with Crippen LogP contribution in [-0.2, 0) is 4.79 Å². The van der Waals surface area contributed by atoms with E-state index in [1.807, 2.05) is 0 Å². The van der Waals surface area contributed by atoms with E-state index in [1.165, 1.54) is 0 Å². The van der Waals surface area contributed by atoms with E-state index in [-0.39, 0.29) is 0 Å². The van der Waals surface area contributed by atoms with Gasteiger partial charge in [-0.25, -0.2) is 0 Å². The highest BCUT2D eigenvalue weighted by molar-refractivity contribution is 5.71. The van der Waals surface area contributed by atoms with Crippen LogP contribution >= 0.6 is 0 Å². The summed E-state index contributed by atoms with van der Waals surface area (Å²) in [5.74, 6) is -1.55. The Morgan fingerprint density at radius 2 is 1.87 bits per heavy atom. The lowest BCUT2D eigenvalue weighted by Crippen LogP contribution is -2.53. The molecule has 2 rings (SSSR count). The molecule has 2 saturated heterocycles. The van der Waals surface area contributed by atoms with E-state index >= 15 is 0 Å². The van der Waals surface area contributed by atoms with E-state index in [4.69, 9.17) is 5.11 Å². The summed E-state index contributed by atoms with van der Waals surface area (Å²) in [6, 6.07) is 0.742. The lowest BCUT2D eigenvalue weighted by molar-refractivity contribution is -0.156. The molecular weight excluding hydrogens is 194 g/mol. The third kappa shape index (κ3) is 1.66. The highest BCUT2D eigenvalue weighted by atomic mass is 16.4. The number of aliphatic hydroxyl groups is 1. The number of hydrogen-bond acceptors (Lipinski definition) is 3. The normalized spacial score (nSPS) is 42.9. The minimum Gasteiger partial charge on any atom is -0.481 e. The summed E-state index contributed by atoms with van der Waals surface area (Å²) in [7, 11) is 2.08. The Bertz CT molecular complexity index is 265. The van der Waals surface area contributed by atoms with Crippen LogP contribution in [0.15, 0.2) is 0 Å². The SMILES string of the molecule is CC(C(=O)O)C1(O)CC2CCC(C1)N2C. The predicted octanol–water partition coefficient (Wildman–Crippen LogP) is 0.695. The third-order valence-corrected chi connectivity index (χ3v) is 4.34. The average Bonchev–Trinajstić information content (AvgIpc) is 2.40. The fourth-order valence-corrected chi connectivity index (χ4v) is 3.07. The number of piperidine rings is 1. The molecule has 0 aromatic carbocycles. The van der Waals surface area contributed by atoms with E-state index in [0.717, 1.165) is 12.8 Å². The first kappa shape index (κ1) is 10.9. The Hall–Kier alpha value is -0.610. The molecule has 2 heterocycles. The monoisotopic (exact) mass is 213 g/mol. The van der Waals surface area contributed by atoms with Gasteiger partial charge < -0.3 is 15.1 Å². The van der Waals surface area contributed by atoms with Gasteiger partial charge in [0.25, 0.3) is 0 Å². The fraction of sp³-hybridized carbons (Fsp3) is 0.909. The van der Waals surface area contributed by atoms with Crippen molar-refractivity contribution in [1.82, 2.24) is 4.90 Å². The zero-order chi connectivity index (χ0) is 11.2. The number of carboxylic acids is 1. The molecule has 0 saturated carbocycles. The number of carbonyl (C=O) groups is 1. The van der Waals surface area contributed by atoms with Crippen LogP contribution in [0.3, 0.4) is 0 Å². The van der Waals surface area contributed by atoms with Gasteiger partial charge in [-0.05, 0) is 39.7 Å². The van der Waals surface area contributed by atoms with Crippen LogP contribution in [0.1, 0.15) is 32.6 Å². The van der Waals surface area contributed by atoms with Gasteiger partial charge in [0, 0.05) is 12.1 Å². The second-order valence-corrected chi connectivity index (χ2v) is 5.12. The Balaban J connectivity index is 2.16. The lowest BCUT2D eigenvalue weighted by Gasteiger charge is -2.44. The third-order valence-electron chi connectivity index (χ3n) is 4.34. The number of nitrogens with zero attached hydrogens (tertiary/aromatic N) is 1. The van der Waals surface area contributed by atoms with Gasteiger partial charge in [0.2, 0.25) is 0 Å². The van der Waals surface area contributed by atoms with Crippen molar-refractivity contribution < 1.29 is 15.0 Å². The van der Waals surface area contributed by atoms with Crippen molar-refractivity contribution in [2.45, 2.75) is 50.3 Å². The van der Waals surface area contributed by atoms with Crippen LogP contribution < -0.4 is 0 Å². The van der Waals surface area contributed by atoms with Crippen molar-refractivity contribution in [3.63, 3.8) is 0 Å². The largest absolute Gasteiger partial charge is 0.481 e. The van der Waals surface area contributed by atoms with E-state index in [1.54, 1.807) is 6.92 Å². The molecule has 2 bridgehead atoms. The molecule has 0 aromatic rings. The Morgan fingerprint density at radius 1 is 1.40 bits per heavy atom. The topological polar surface area (TPSA) is 60.8 Å². The second-order valence-electron chi connectivity index (χ2n) is 5.12. The summed E-state index contributed by atoms with van der Waals surface area (Å²) < 4.78 is 0. The molecule has 4 heteroatoms. The van der Waals surface area contributed by atoms with Crippen LogP contribution in [0.4, 0.5) is 0 Å². The summed E-state index contributed by atoms with van der Waals surface area (Å²) in [4.78, 5) is 13.2. The van der Waals surface area contributed by atoms with Crippen LogP contribution in [0.5, 0.6) is 0 Å². The molecule has 0 radical (unpaired) electrons. The maximum atomic E-state index is 10.9. The summed E-state index contributed by atoms with van der Waals surface area (Å²) >= 11 is 0. The molecule has 3 atom stereocenters. The van der Waals surface area contributed by atoms with Crippen LogP contribution in [-0.4, -0.2) is 45.8 Å². The van der Waals surface area contributed by atoms with Gasteiger partial charge in [0.05, 0.1) is 11.5 Å². The molecule has 3 unspecified atom stereocenters. The molecule has 2 fully saturated rings. The van der Waals surface area contributed by atoms with Gasteiger partial charge in [-0.2, -0.15) is 0 Å². The van der Waals surface area contributed by atoms with Crippen molar-refractivity contribution >= 4 is 5.97 Å². The standard InChI is InChI=1S/C11H19NO3/c1-7(10(13)14)11(15)5-8-3-4-9(6-11)12(8)2/h7-9,15H,3-6H2,1-2H3,(H,13,14). The first-order valence-electron chi connectivity index (χ1n) is 5.61. The van der Waals surface area contributed by atoms with Crippen LogP contribution in [0.2, 0.25) is 0 Å². The zero-order valence-corrected chi connectivity index (χ0v) is 9.31. The van der Waals surface area contributed by atoms with Crippen molar-refractivity contribution in [3.8, 4) is 0 Å². The summed E-state index contributed by atoms with van der Waals surface area (Å²) in [5, 5.41) is 19.4. The average molecular weight is 213 g/mol. The van der Waals surface area contributed by atoms with Gasteiger partial charge >= 0.3 is 5.97 Å². The fourth-order valence-electron chi connectivity index (χ4n) is 3.07. The quantitative estimate of drug-likeness (QED) is 0.708. The Morgan fingerprint density at radius 3 is 2.27 bits per heavy atom. The number of carboxylic acid groups (broad SMARTS) is 1. The first-order chi connectivity index (χ1) is 6.94. The number of aliphatic carboxylic acids is 1. The molecule has 0 amide bonds. The molecule has 0 aromatic heterocycles. The van der Waals surface area contributed by atoms with E-state index in [2.05, 4.69) is 11.9 Å². The van der Waals surface area contributed by atoms with Crippen LogP contribution in [0.25, 0.3) is 0 Å². The Kier molecular flexibility index (Phi) is 2.51. The van der Waals surface area contributed by atoms with Crippen molar-refractivity contribution in [2.75, 3.05) is 7.05 Å². The minimum atomic E-state index is -0.996. The Labute approximate surface area is 89.9 Å². The predicted molar refractivity (Wildman–Crippen MR) is 55.6 cm³/mol. The molecule has 2 aliphatic rings. The number of hydrogen-bond donors (Lipinski definition) is 2. The first-order valence-corrected chi connectivity index (χ1v) is 5.61. The molecule has 0 aliphatic carbocycles. The van der Waals surface area contributed by atoms with Gasteiger partial charge in [0.1, 0.15) is 0 Å². The van der Waals surface area contributed by atoms with Crippen molar-refractivity contribution in [1.29, 1.82) is 0 Å². The lowest BCUT2D eigenvalue weighted by atomic mass is 9.77. The zero-order valence-electron chi connectivity index (χ0n) is 9.31. The number of rotatable bonds is 2. The minimum absolute atomic E-state index is 0.371. The van der Waals surface area contributed by atoms with Gasteiger partial charge in [0.15, 0.2) is 0 Å². The highest BCUT2D eigenvalue weighted by Crippen LogP contribution is 2.43. The van der Waals surface area contributed by atoms with Crippen LogP contribution in [0, 0.1) is 5.92 Å². The maximum absolute atomic E-state index is 10.9. The van der Waals surface area contributed by atoms with E-state index < -0.39 is 17.5 Å². The molecule has 15 heavy (non-hydrogen) atoms. The smallest absolute Gasteiger partial charge is 0.309 e. The summed E-state index contributed by atoms with van der Waals surface area (Å²) in [6.07, 6.45) is 3.40. The number of fused-ring (bicyclic) bond motifs is 2. The van der Waals surface area contributed by atoms with E-state index in [0.29, 0.717) is 24.9 Å². The molecule has 2 aliphatic heterocycles. The highest BCUT2D eigenvalue weighted by Gasteiger charge is 2.50.